The Balaban J connectivity index is 1.37. The normalized spacial score (nSPS) is 22.4. The van der Waals surface area contributed by atoms with Crippen molar-refractivity contribution in [1.82, 2.24) is 0 Å². The Morgan fingerprint density at radius 2 is 0.879 bits per heavy atom. The molecule has 1 aliphatic carbocycles. The highest BCUT2D eigenvalue weighted by atomic mass is 16.3. The first kappa shape index (κ1) is 22.3. The van der Waals surface area contributed by atoms with Gasteiger partial charge in [-0.1, -0.05) is 0 Å². The quantitative estimate of drug-likeness (QED) is 0.360. The van der Waals surface area contributed by atoms with Crippen molar-refractivity contribution in [1.29, 1.82) is 0 Å². The minimum Gasteiger partial charge on any atom is -0.465 e. The lowest BCUT2D eigenvalue weighted by Gasteiger charge is -2.28. The second-order valence-electron chi connectivity index (χ2n) is 7.69. The smallest absolute Gasteiger partial charge is 0.126 e. The molecule has 0 unspecified atom stereocenters. The molecular formula is C27H27N3O3. The van der Waals surface area contributed by atoms with E-state index in [4.69, 9.17) is 28.2 Å². The van der Waals surface area contributed by atoms with E-state index in [-0.39, 0.29) is 18.1 Å². The summed E-state index contributed by atoms with van der Waals surface area (Å²) >= 11 is 0. The van der Waals surface area contributed by atoms with Crippen LogP contribution in [-0.2, 0) is 0 Å². The lowest BCUT2D eigenvalue weighted by atomic mass is 9.88. The van der Waals surface area contributed by atoms with Crippen molar-refractivity contribution in [2.75, 3.05) is 0 Å². The van der Waals surface area contributed by atoms with E-state index in [9.17, 15) is 0 Å². The zero-order chi connectivity index (χ0) is 22.6. The van der Waals surface area contributed by atoms with Crippen LogP contribution in [0.25, 0.3) is 18.2 Å². The van der Waals surface area contributed by atoms with Gasteiger partial charge in [-0.05, 0) is 92.1 Å². The Hall–Kier alpha value is -3.93. The fourth-order valence-corrected chi connectivity index (χ4v) is 3.68. The average molecular weight is 442 g/mol. The molecule has 1 aliphatic rings. The van der Waals surface area contributed by atoms with Gasteiger partial charge in [0, 0.05) is 18.6 Å². The van der Waals surface area contributed by atoms with E-state index in [0.29, 0.717) is 0 Å². The van der Waals surface area contributed by atoms with Crippen LogP contribution in [0.1, 0.15) is 36.5 Å². The van der Waals surface area contributed by atoms with Crippen LogP contribution in [0.3, 0.4) is 0 Å². The molecule has 0 bridgehead atoms. The highest BCUT2D eigenvalue weighted by molar-refractivity contribution is 5.79. The van der Waals surface area contributed by atoms with E-state index in [1.807, 2.05) is 91.5 Å². The van der Waals surface area contributed by atoms with Gasteiger partial charge in [0.2, 0.25) is 0 Å². The Morgan fingerprint density at radius 1 is 0.545 bits per heavy atom. The molecule has 0 aliphatic heterocycles. The van der Waals surface area contributed by atoms with Crippen LogP contribution >= 0.6 is 0 Å². The average Bonchev–Trinajstić information content (AvgIpc) is 3.61. The van der Waals surface area contributed by atoms with Crippen molar-refractivity contribution in [3.05, 3.63) is 90.7 Å². The molecule has 3 aromatic rings. The molecule has 0 aromatic carbocycles. The van der Waals surface area contributed by atoms with E-state index in [1.165, 1.54) is 0 Å². The Bertz CT molecular complexity index is 953. The van der Waals surface area contributed by atoms with Crippen LogP contribution in [0.2, 0.25) is 0 Å². The minimum atomic E-state index is 0.160. The van der Waals surface area contributed by atoms with Gasteiger partial charge < -0.3 is 13.3 Å². The summed E-state index contributed by atoms with van der Waals surface area (Å²) in [6, 6.07) is 11.8. The van der Waals surface area contributed by atoms with E-state index < -0.39 is 0 Å². The third-order valence-electron chi connectivity index (χ3n) is 5.19. The molecule has 168 valence electrons. The molecule has 4 rings (SSSR count). The topological polar surface area (TPSA) is 76.5 Å². The second-order valence-corrected chi connectivity index (χ2v) is 7.69. The van der Waals surface area contributed by atoms with Gasteiger partial charge in [0.25, 0.3) is 0 Å². The summed E-state index contributed by atoms with van der Waals surface area (Å²) < 4.78 is 15.9. The largest absolute Gasteiger partial charge is 0.465 e. The van der Waals surface area contributed by atoms with Gasteiger partial charge in [-0.25, -0.2) is 0 Å². The molecule has 33 heavy (non-hydrogen) atoms. The molecule has 6 heteroatoms. The SMILES string of the molecule is C(/C=C/c1ccco1)=NC1CC(N=C/C=C/c2ccco2)CC(N=C/C=C/c2ccco2)C1. The third-order valence-corrected chi connectivity index (χ3v) is 5.19. The summed E-state index contributed by atoms with van der Waals surface area (Å²) in [5.41, 5.74) is 0. The Labute approximate surface area is 193 Å². The molecule has 3 aromatic heterocycles. The Kier molecular flexibility index (Phi) is 8.23. The number of nitrogens with zero attached hydrogens (tertiary/aromatic N) is 3. The van der Waals surface area contributed by atoms with Crippen molar-refractivity contribution < 1.29 is 13.3 Å². The first-order valence-corrected chi connectivity index (χ1v) is 11.1. The van der Waals surface area contributed by atoms with Crippen molar-refractivity contribution >= 4 is 36.9 Å². The first-order chi connectivity index (χ1) is 16.3. The molecule has 0 amide bonds. The fraction of sp³-hybridized carbons (Fsp3) is 0.222. The van der Waals surface area contributed by atoms with Gasteiger partial charge in [-0.3, -0.25) is 15.0 Å². The zero-order valence-corrected chi connectivity index (χ0v) is 18.3. The lowest BCUT2D eigenvalue weighted by molar-refractivity contribution is 0.358. The van der Waals surface area contributed by atoms with Crippen molar-refractivity contribution in [2.24, 2.45) is 15.0 Å². The standard InChI is InChI=1S/C27H27N3O3/c1(7-25-10-4-16-31-25)13-28-22-19-23(29-14-2-8-26-11-5-17-32-26)21-24(20-22)30-15-3-9-27-12-6-18-33-27/h1-18,22-24H,19-21H2/b7-1+,8-2+,9-3+,28-13?,29-14?,30-15?. The highest BCUT2D eigenvalue weighted by Crippen LogP contribution is 2.26. The van der Waals surface area contributed by atoms with E-state index in [2.05, 4.69) is 0 Å². The molecule has 0 atom stereocenters. The van der Waals surface area contributed by atoms with Gasteiger partial charge in [0.05, 0.1) is 36.9 Å². The zero-order valence-electron chi connectivity index (χ0n) is 18.3. The van der Waals surface area contributed by atoms with Gasteiger partial charge >= 0.3 is 0 Å². The van der Waals surface area contributed by atoms with E-state index in [1.54, 1.807) is 18.8 Å². The summed E-state index contributed by atoms with van der Waals surface area (Å²) in [5.74, 6) is 2.42. The van der Waals surface area contributed by atoms with Gasteiger partial charge in [0.15, 0.2) is 0 Å². The van der Waals surface area contributed by atoms with Gasteiger partial charge in [-0.15, -0.1) is 0 Å². The van der Waals surface area contributed by atoms with E-state index in [0.717, 1.165) is 36.5 Å². The molecule has 1 fully saturated rings. The van der Waals surface area contributed by atoms with Crippen LogP contribution in [0, 0.1) is 0 Å². The number of aliphatic imine (C=N–C) groups is 3. The van der Waals surface area contributed by atoms with Crippen LogP contribution in [-0.4, -0.2) is 36.8 Å². The van der Waals surface area contributed by atoms with Crippen LogP contribution in [0.15, 0.2) is 102 Å². The molecule has 0 N–H and O–H groups in total. The number of furan rings is 3. The molecule has 0 spiro atoms. The molecular weight excluding hydrogens is 414 g/mol. The fourth-order valence-electron chi connectivity index (χ4n) is 3.68. The monoisotopic (exact) mass is 441 g/mol. The predicted octanol–water partition coefficient (Wildman–Crippen LogP) is 6.41. The van der Waals surface area contributed by atoms with Crippen molar-refractivity contribution in [2.45, 2.75) is 37.4 Å². The molecule has 6 nitrogen and oxygen atoms in total. The molecule has 0 saturated heterocycles. The lowest BCUT2D eigenvalue weighted by Crippen LogP contribution is -2.30. The summed E-state index contributed by atoms with van der Waals surface area (Å²) in [6.45, 7) is 0. The Morgan fingerprint density at radius 3 is 1.15 bits per heavy atom. The molecule has 1 saturated carbocycles. The van der Waals surface area contributed by atoms with Crippen molar-refractivity contribution in [3.8, 4) is 0 Å². The summed E-state index contributed by atoms with van der Waals surface area (Å²) in [7, 11) is 0. The van der Waals surface area contributed by atoms with Gasteiger partial charge in [-0.2, -0.15) is 0 Å². The van der Waals surface area contributed by atoms with Crippen molar-refractivity contribution in [3.63, 3.8) is 0 Å². The number of allylic oxidation sites excluding steroid dienone is 3. The maximum absolute atomic E-state index is 5.31. The summed E-state index contributed by atoms with van der Waals surface area (Å²) in [6.07, 6.45) is 24.6. The highest BCUT2D eigenvalue weighted by Gasteiger charge is 2.27. The summed E-state index contributed by atoms with van der Waals surface area (Å²) in [4.78, 5) is 14.3. The second kappa shape index (κ2) is 12.2. The van der Waals surface area contributed by atoms with Crippen LogP contribution in [0.5, 0.6) is 0 Å². The first-order valence-electron chi connectivity index (χ1n) is 11.1. The number of rotatable bonds is 9. The van der Waals surface area contributed by atoms with E-state index >= 15 is 0 Å². The van der Waals surface area contributed by atoms with Crippen LogP contribution < -0.4 is 0 Å². The number of hydrogen-bond acceptors (Lipinski definition) is 6. The predicted molar refractivity (Wildman–Crippen MR) is 134 cm³/mol. The maximum atomic E-state index is 5.31. The molecule has 0 radical (unpaired) electrons. The molecule has 3 heterocycles. The van der Waals surface area contributed by atoms with Gasteiger partial charge in [0.1, 0.15) is 17.3 Å². The maximum Gasteiger partial charge on any atom is 0.126 e. The number of hydrogen-bond donors (Lipinski definition) is 0. The third kappa shape index (κ3) is 7.61. The summed E-state index contributed by atoms with van der Waals surface area (Å²) in [5, 5.41) is 0. The van der Waals surface area contributed by atoms with Crippen LogP contribution in [0.4, 0.5) is 0 Å². The minimum absolute atomic E-state index is 0.160.